The highest BCUT2D eigenvalue weighted by Crippen LogP contribution is 2.32. The van der Waals surface area contributed by atoms with Gasteiger partial charge in [-0.15, -0.1) is 0 Å². The minimum atomic E-state index is -0.272. The summed E-state index contributed by atoms with van der Waals surface area (Å²) in [5, 5.41) is 2.89. The molecule has 2 rings (SSSR count). The lowest BCUT2D eigenvalue weighted by atomic mass is 9.97. The van der Waals surface area contributed by atoms with Crippen LogP contribution in [-0.4, -0.2) is 62.4 Å². The fraction of sp³-hybridized carbons (Fsp3) is 0.941. The van der Waals surface area contributed by atoms with Gasteiger partial charge in [0.15, 0.2) is 0 Å². The van der Waals surface area contributed by atoms with Gasteiger partial charge in [-0.05, 0) is 25.2 Å². The van der Waals surface area contributed by atoms with Crippen molar-refractivity contribution in [2.24, 2.45) is 5.92 Å². The Balaban J connectivity index is 1.80. The molecule has 5 heteroatoms. The third kappa shape index (κ3) is 4.43. The van der Waals surface area contributed by atoms with Gasteiger partial charge in [0, 0.05) is 32.8 Å². The maximum absolute atomic E-state index is 12.1. The van der Waals surface area contributed by atoms with Crippen LogP contribution < -0.4 is 5.32 Å². The number of nitrogens with one attached hydrogen (secondary N) is 1. The zero-order valence-electron chi connectivity index (χ0n) is 14.3. The van der Waals surface area contributed by atoms with Crippen LogP contribution >= 0.6 is 0 Å². The van der Waals surface area contributed by atoms with Crippen molar-refractivity contribution in [2.75, 3.05) is 33.4 Å². The van der Waals surface area contributed by atoms with Crippen LogP contribution in [0.2, 0.25) is 0 Å². The predicted molar refractivity (Wildman–Crippen MR) is 86.8 cm³/mol. The van der Waals surface area contributed by atoms with Crippen molar-refractivity contribution in [1.82, 2.24) is 10.2 Å². The molecule has 2 aliphatic rings. The first kappa shape index (κ1) is 17.7. The minimum Gasteiger partial charge on any atom is -0.383 e. The van der Waals surface area contributed by atoms with Crippen molar-refractivity contribution in [3.05, 3.63) is 0 Å². The topological polar surface area (TPSA) is 50.8 Å². The van der Waals surface area contributed by atoms with Crippen molar-refractivity contribution in [1.29, 1.82) is 0 Å². The second-order valence-electron chi connectivity index (χ2n) is 6.56. The van der Waals surface area contributed by atoms with Gasteiger partial charge in [0.2, 0.25) is 5.91 Å². The minimum absolute atomic E-state index is 0.0222. The molecule has 2 saturated heterocycles. The summed E-state index contributed by atoms with van der Waals surface area (Å²) in [6, 6.07) is 0.517. The predicted octanol–water partition coefficient (Wildman–Crippen LogP) is 1.81. The first-order chi connectivity index (χ1) is 10.7. The number of methoxy groups -OCH3 is 1. The van der Waals surface area contributed by atoms with Crippen LogP contribution in [0.15, 0.2) is 0 Å². The molecular formula is C17H32N2O3. The summed E-state index contributed by atoms with van der Waals surface area (Å²) in [7, 11) is 1.64. The van der Waals surface area contributed by atoms with Crippen LogP contribution in [0.5, 0.6) is 0 Å². The van der Waals surface area contributed by atoms with Crippen molar-refractivity contribution in [3.63, 3.8) is 0 Å². The molecule has 1 amide bonds. The molecule has 0 aromatic heterocycles. The van der Waals surface area contributed by atoms with Crippen LogP contribution in [0.1, 0.15) is 46.0 Å². The van der Waals surface area contributed by atoms with E-state index in [1.807, 2.05) is 0 Å². The molecule has 0 unspecified atom stereocenters. The number of nitrogens with zero attached hydrogens (tertiary/aromatic N) is 1. The average molecular weight is 312 g/mol. The van der Waals surface area contributed by atoms with E-state index in [1.165, 1.54) is 19.4 Å². The van der Waals surface area contributed by atoms with E-state index in [1.54, 1.807) is 7.11 Å². The van der Waals surface area contributed by atoms with E-state index < -0.39 is 0 Å². The average Bonchev–Trinajstić information content (AvgIpc) is 2.94. The van der Waals surface area contributed by atoms with Gasteiger partial charge in [0.05, 0.1) is 12.7 Å². The van der Waals surface area contributed by atoms with E-state index in [-0.39, 0.29) is 18.1 Å². The molecule has 1 N–H and O–H groups in total. The van der Waals surface area contributed by atoms with E-state index in [0.29, 0.717) is 19.2 Å². The molecule has 3 atom stereocenters. The zero-order chi connectivity index (χ0) is 15.9. The molecule has 128 valence electrons. The number of carbonyl (C=O) groups excluding carboxylic acids is 1. The Labute approximate surface area is 134 Å². The lowest BCUT2D eigenvalue weighted by molar-refractivity contribution is -0.144. The SMILES string of the molecule is CCC(CC)CN1CC[C@H]2O[C@H](C(=O)NCCOC)CC[C@H]21. The highest BCUT2D eigenvalue weighted by Gasteiger charge is 2.41. The molecule has 22 heavy (non-hydrogen) atoms. The van der Waals surface area contributed by atoms with E-state index in [9.17, 15) is 4.79 Å². The summed E-state index contributed by atoms with van der Waals surface area (Å²) < 4.78 is 11.0. The normalized spacial score (nSPS) is 28.8. The summed E-state index contributed by atoms with van der Waals surface area (Å²) in [6.07, 6.45) is 5.43. The standard InChI is InChI=1S/C17H32N2O3/c1-4-13(5-2)12-19-10-8-15-14(19)6-7-16(22-15)17(20)18-9-11-21-3/h13-16H,4-12H2,1-3H3,(H,18,20)/t14-,15-,16+/m1/s1. The fourth-order valence-corrected chi connectivity index (χ4v) is 3.70. The number of carbonyl (C=O) groups is 1. The Bertz CT molecular complexity index is 347. The summed E-state index contributed by atoms with van der Waals surface area (Å²) in [4.78, 5) is 14.7. The van der Waals surface area contributed by atoms with Gasteiger partial charge in [-0.1, -0.05) is 26.7 Å². The lowest BCUT2D eigenvalue weighted by Gasteiger charge is -2.36. The number of hydrogen-bond donors (Lipinski definition) is 1. The van der Waals surface area contributed by atoms with Gasteiger partial charge in [-0.3, -0.25) is 9.69 Å². The smallest absolute Gasteiger partial charge is 0.249 e. The molecule has 0 aliphatic carbocycles. The quantitative estimate of drug-likeness (QED) is 0.695. The Kier molecular flexibility index (Phi) is 7.12. The number of rotatable bonds is 8. The fourth-order valence-electron chi connectivity index (χ4n) is 3.70. The van der Waals surface area contributed by atoms with Crippen molar-refractivity contribution in [3.8, 4) is 0 Å². The van der Waals surface area contributed by atoms with Crippen molar-refractivity contribution >= 4 is 5.91 Å². The highest BCUT2D eigenvalue weighted by atomic mass is 16.5. The Morgan fingerprint density at radius 3 is 2.77 bits per heavy atom. The third-order valence-electron chi connectivity index (χ3n) is 5.21. The molecule has 0 aromatic carbocycles. The monoisotopic (exact) mass is 312 g/mol. The lowest BCUT2D eigenvalue weighted by Crippen LogP contribution is -2.48. The molecule has 0 saturated carbocycles. The maximum Gasteiger partial charge on any atom is 0.249 e. The van der Waals surface area contributed by atoms with E-state index >= 15 is 0 Å². The Morgan fingerprint density at radius 2 is 2.09 bits per heavy atom. The zero-order valence-corrected chi connectivity index (χ0v) is 14.3. The summed E-state index contributed by atoms with van der Waals surface area (Å²) >= 11 is 0. The largest absolute Gasteiger partial charge is 0.383 e. The Morgan fingerprint density at radius 1 is 1.32 bits per heavy atom. The van der Waals surface area contributed by atoms with Crippen LogP contribution in [-0.2, 0) is 14.3 Å². The van der Waals surface area contributed by atoms with Gasteiger partial charge < -0.3 is 14.8 Å². The number of fused-ring (bicyclic) bond motifs is 1. The molecule has 0 spiro atoms. The second-order valence-corrected chi connectivity index (χ2v) is 6.56. The maximum atomic E-state index is 12.1. The number of amides is 1. The van der Waals surface area contributed by atoms with Crippen molar-refractivity contribution < 1.29 is 14.3 Å². The third-order valence-corrected chi connectivity index (χ3v) is 5.21. The van der Waals surface area contributed by atoms with Crippen molar-refractivity contribution in [2.45, 2.75) is 64.2 Å². The molecule has 5 nitrogen and oxygen atoms in total. The number of ether oxygens (including phenoxy) is 2. The molecule has 2 heterocycles. The first-order valence-corrected chi connectivity index (χ1v) is 8.85. The summed E-state index contributed by atoms with van der Waals surface area (Å²) in [6.45, 7) is 7.96. The van der Waals surface area contributed by atoms with Crippen LogP contribution in [0.4, 0.5) is 0 Å². The molecule has 0 bridgehead atoms. The van der Waals surface area contributed by atoms with Gasteiger partial charge >= 0.3 is 0 Å². The first-order valence-electron chi connectivity index (χ1n) is 8.85. The van der Waals surface area contributed by atoms with E-state index in [4.69, 9.17) is 9.47 Å². The van der Waals surface area contributed by atoms with Crippen LogP contribution in [0.3, 0.4) is 0 Å². The van der Waals surface area contributed by atoms with Gasteiger partial charge in [0.25, 0.3) is 0 Å². The second kappa shape index (κ2) is 8.85. The van der Waals surface area contributed by atoms with Gasteiger partial charge in [-0.25, -0.2) is 0 Å². The molecule has 2 aliphatic heterocycles. The molecule has 0 radical (unpaired) electrons. The van der Waals surface area contributed by atoms with Gasteiger partial charge in [0.1, 0.15) is 6.10 Å². The number of hydrogen-bond acceptors (Lipinski definition) is 4. The van der Waals surface area contributed by atoms with E-state index in [2.05, 4.69) is 24.1 Å². The van der Waals surface area contributed by atoms with Crippen LogP contribution in [0, 0.1) is 5.92 Å². The number of likely N-dealkylation sites (tertiary alicyclic amines) is 1. The molecular weight excluding hydrogens is 280 g/mol. The summed E-state index contributed by atoms with van der Waals surface area (Å²) in [5.74, 6) is 0.808. The Hall–Kier alpha value is -0.650. The highest BCUT2D eigenvalue weighted by molar-refractivity contribution is 5.80. The molecule has 0 aromatic rings. The van der Waals surface area contributed by atoms with Gasteiger partial charge in [-0.2, -0.15) is 0 Å². The van der Waals surface area contributed by atoms with Crippen LogP contribution in [0.25, 0.3) is 0 Å². The summed E-state index contributed by atoms with van der Waals surface area (Å²) in [5.41, 5.74) is 0. The molecule has 2 fully saturated rings. The van der Waals surface area contributed by atoms with E-state index in [0.717, 1.165) is 31.7 Å².